The first kappa shape index (κ1) is 27.2. The van der Waals surface area contributed by atoms with E-state index in [0.29, 0.717) is 6.42 Å². The Kier molecular flexibility index (Phi) is 11.9. The molecule has 0 fully saturated rings. The second-order valence-corrected chi connectivity index (χ2v) is 8.64. The van der Waals surface area contributed by atoms with Crippen LogP contribution in [0.4, 0.5) is 0 Å². The molecule has 0 saturated heterocycles. The first-order valence-electron chi connectivity index (χ1n) is 9.82. The van der Waals surface area contributed by atoms with Gasteiger partial charge in [-0.1, -0.05) is 41.5 Å². The van der Waals surface area contributed by atoms with Gasteiger partial charge in [0.1, 0.15) is 18.1 Å². The summed E-state index contributed by atoms with van der Waals surface area (Å²) < 4.78 is 0. The van der Waals surface area contributed by atoms with E-state index in [1.165, 1.54) is 0 Å². The molecular weight excluding hydrogens is 396 g/mol. The molecule has 6 N–H and O–H groups in total. The lowest BCUT2D eigenvalue weighted by Gasteiger charge is -2.27. The molecule has 0 aliphatic heterocycles. The summed E-state index contributed by atoms with van der Waals surface area (Å²) in [7, 11) is 0. The molecule has 0 radical (unpaired) electrons. The Morgan fingerprint density at radius 2 is 1.31 bits per heavy atom. The summed E-state index contributed by atoms with van der Waals surface area (Å²) in [6.07, 6.45) is 0.478. The number of thiol groups is 1. The highest BCUT2D eigenvalue weighted by Crippen LogP contribution is 2.07. The Morgan fingerprint density at radius 1 is 0.828 bits per heavy atom. The van der Waals surface area contributed by atoms with Crippen molar-refractivity contribution < 1.29 is 24.3 Å². The van der Waals surface area contributed by atoms with E-state index in [4.69, 9.17) is 5.73 Å². The molecule has 0 aliphatic rings. The molecule has 0 aromatic heterocycles. The van der Waals surface area contributed by atoms with Gasteiger partial charge >= 0.3 is 5.97 Å². The van der Waals surface area contributed by atoms with Crippen LogP contribution in [0.2, 0.25) is 0 Å². The van der Waals surface area contributed by atoms with E-state index < -0.39 is 47.9 Å². The summed E-state index contributed by atoms with van der Waals surface area (Å²) in [4.78, 5) is 48.7. The molecule has 29 heavy (non-hydrogen) atoms. The van der Waals surface area contributed by atoms with Crippen LogP contribution in [0.1, 0.15) is 48.0 Å². The maximum absolute atomic E-state index is 12.7. The van der Waals surface area contributed by atoms with Gasteiger partial charge in [-0.05, 0) is 24.2 Å². The molecule has 0 heterocycles. The lowest BCUT2D eigenvalue weighted by molar-refractivity contribution is -0.143. The highest BCUT2D eigenvalue weighted by molar-refractivity contribution is 7.80. The third-order valence-electron chi connectivity index (χ3n) is 4.36. The summed E-state index contributed by atoms with van der Waals surface area (Å²) >= 11 is 4.09. The number of rotatable bonds is 12. The van der Waals surface area contributed by atoms with Crippen molar-refractivity contribution in [3.8, 4) is 0 Å². The fourth-order valence-electron chi connectivity index (χ4n) is 2.63. The minimum atomic E-state index is -1.16. The maximum atomic E-state index is 12.7. The summed E-state index contributed by atoms with van der Waals surface area (Å²) in [5.74, 6) is -3.21. The predicted octanol–water partition coefficient (Wildman–Crippen LogP) is 0.141. The van der Waals surface area contributed by atoms with E-state index >= 15 is 0 Å². The molecule has 0 spiro atoms. The lowest BCUT2D eigenvalue weighted by Crippen LogP contribution is -2.59. The van der Waals surface area contributed by atoms with Crippen molar-refractivity contribution in [3.63, 3.8) is 0 Å². The summed E-state index contributed by atoms with van der Waals surface area (Å²) in [6, 6.07) is -3.77. The lowest BCUT2D eigenvalue weighted by atomic mass is 10.00. The van der Waals surface area contributed by atoms with E-state index in [1.54, 1.807) is 27.7 Å². The van der Waals surface area contributed by atoms with Gasteiger partial charge in [0.2, 0.25) is 17.7 Å². The molecule has 0 aliphatic carbocycles. The Morgan fingerprint density at radius 3 is 1.69 bits per heavy atom. The zero-order valence-electron chi connectivity index (χ0n) is 18.1. The number of nitrogens with one attached hydrogen (secondary N) is 3. The Labute approximate surface area is 178 Å². The van der Waals surface area contributed by atoms with Crippen LogP contribution in [-0.4, -0.2) is 58.7 Å². The Balaban J connectivity index is 5.15. The Hall–Kier alpha value is -1.81. The molecule has 0 rings (SSSR count). The first-order chi connectivity index (χ1) is 13.3. The first-order valence-corrected chi connectivity index (χ1v) is 10.4. The number of carbonyl (C=O) groups excluding carboxylic acids is 3. The summed E-state index contributed by atoms with van der Waals surface area (Å²) in [6.45, 7) is 10.7. The largest absolute Gasteiger partial charge is 0.480 e. The average molecular weight is 433 g/mol. The van der Waals surface area contributed by atoms with Gasteiger partial charge in [-0.2, -0.15) is 12.6 Å². The van der Waals surface area contributed by atoms with Gasteiger partial charge in [-0.15, -0.1) is 0 Å². The van der Waals surface area contributed by atoms with Gasteiger partial charge < -0.3 is 26.8 Å². The summed E-state index contributed by atoms with van der Waals surface area (Å²) in [5.41, 5.74) is 5.88. The van der Waals surface area contributed by atoms with Gasteiger partial charge in [0.25, 0.3) is 0 Å². The molecule has 4 atom stereocenters. The van der Waals surface area contributed by atoms with Crippen LogP contribution in [-0.2, 0) is 19.2 Å². The van der Waals surface area contributed by atoms with Crippen molar-refractivity contribution in [2.24, 2.45) is 23.5 Å². The molecule has 0 aromatic carbocycles. The topological polar surface area (TPSA) is 151 Å². The van der Waals surface area contributed by atoms with E-state index in [2.05, 4.69) is 28.6 Å². The highest BCUT2D eigenvalue weighted by atomic mass is 32.1. The molecule has 0 saturated carbocycles. The van der Waals surface area contributed by atoms with E-state index in [-0.39, 0.29) is 23.5 Å². The maximum Gasteiger partial charge on any atom is 0.326 e. The van der Waals surface area contributed by atoms with Crippen molar-refractivity contribution in [1.29, 1.82) is 0 Å². The number of carboxylic acids is 1. The molecule has 0 aromatic rings. The van der Waals surface area contributed by atoms with Crippen molar-refractivity contribution >= 4 is 36.3 Å². The highest BCUT2D eigenvalue weighted by Gasteiger charge is 2.31. The molecule has 3 amide bonds. The van der Waals surface area contributed by atoms with Crippen LogP contribution >= 0.6 is 12.6 Å². The molecular formula is C19H36N4O5S. The van der Waals surface area contributed by atoms with E-state index in [9.17, 15) is 24.3 Å². The monoisotopic (exact) mass is 432 g/mol. The molecule has 10 heteroatoms. The van der Waals surface area contributed by atoms with Crippen molar-refractivity contribution in [2.75, 3.05) is 5.75 Å². The molecule has 9 nitrogen and oxygen atoms in total. The van der Waals surface area contributed by atoms with Crippen LogP contribution in [0.5, 0.6) is 0 Å². The fourth-order valence-corrected chi connectivity index (χ4v) is 2.89. The van der Waals surface area contributed by atoms with Crippen LogP contribution < -0.4 is 21.7 Å². The molecule has 168 valence electrons. The standard InChI is InChI=1S/C19H36N4O5S/c1-9(2)7-12(20)16(24)22-14(10(3)4)18(26)21-13(8-29)17(25)23-15(11(5)6)19(27)28/h9-15,29H,7-8,20H2,1-6H3,(H,21,26)(H,22,24)(H,23,25)(H,27,28). The van der Waals surface area contributed by atoms with Crippen LogP contribution in [0.15, 0.2) is 0 Å². The smallest absolute Gasteiger partial charge is 0.326 e. The number of hydrogen-bond acceptors (Lipinski definition) is 6. The number of aliphatic carboxylic acids is 1. The summed E-state index contributed by atoms with van der Waals surface area (Å²) in [5, 5.41) is 16.8. The van der Waals surface area contributed by atoms with Crippen LogP contribution in [0, 0.1) is 17.8 Å². The van der Waals surface area contributed by atoms with Crippen LogP contribution in [0.25, 0.3) is 0 Å². The normalized spacial score (nSPS) is 15.6. The zero-order chi connectivity index (χ0) is 22.9. The SMILES string of the molecule is CC(C)CC(N)C(=O)NC(C(=O)NC(CS)C(=O)NC(C(=O)O)C(C)C)C(C)C. The van der Waals surface area contributed by atoms with Gasteiger partial charge in [-0.3, -0.25) is 14.4 Å². The molecule has 0 bridgehead atoms. The number of carbonyl (C=O) groups is 4. The Bertz CT molecular complexity index is 583. The number of amides is 3. The number of nitrogens with two attached hydrogens (primary N) is 1. The number of hydrogen-bond donors (Lipinski definition) is 6. The van der Waals surface area contributed by atoms with Crippen molar-refractivity contribution in [2.45, 2.75) is 72.1 Å². The minimum absolute atomic E-state index is 0.0341. The van der Waals surface area contributed by atoms with E-state index in [0.717, 1.165) is 0 Å². The predicted molar refractivity (Wildman–Crippen MR) is 114 cm³/mol. The minimum Gasteiger partial charge on any atom is -0.480 e. The van der Waals surface area contributed by atoms with Gasteiger partial charge in [0.05, 0.1) is 6.04 Å². The second kappa shape index (κ2) is 12.7. The third kappa shape index (κ3) is 9.49. The van der Waals surface area contributed by atoms with Crippen molar-refractivity contribution in [1.82, 2.24) is 16.0 Å². The molecule has 4 unspecified atom stereocenters. The average Bonchev–Trinajstić information content (AvgIpc) is 2.59. The van der Waals surface area contributed by atoms with Gasteiger partial charge in [0.15, 0.2) is 0 Å². The van der Waals surface area contributed by atoms with E-state index in [1.807, 2.05) is 13.8 Å². The quantitative estimate of drug-likeness (QED) is 0.241. The number of carboxylic acid groups (broad SMARTS) is 1. The third-order valence-corrected chi connectivity index (χ3v) is 4.72. The van der Waals surface area contributed by atoms with Gasteiger partial charge in [0, 0.05) is 5.75 Å². The van der Waals surface area contributed by atoms with Crippen LogP contribution in [0.3, 0.4) is 0 Å². The van der Waals surface area contributed by atoms with Gasteiger partial charge in [-0.25, -0.2) is 4.79 Å². The van der Waals surface area contributed by atoms with Crippen molar-refractivity contribution in [3.05, 3.63) is 0 Å². The second-order valence-electron chi connectivity index (χ2n) is 8.28. The fraction of sp³-hybridized carbons (Fsp3) is 0.789. The zero-order valence-corrected chi connectivity index (χ0v) is 19.0.